The molecular formula is C15H26. The highest BCUT2D eigenvalue weighted by Crippen LogP contribution is 2.06. The summed E-state index contributed by atoms with van der Waals surface area (Å²) >= 11 is 0. The summed E-state index contributed by atoms with van der Waals surface area (Å²) in [4.78, 5) is 0. The normalized spacial score (nSPS) is 11.4. The van der Waals surface area contributed by atoms with Gasteiger partial charge in [0.05, 0.1) is 0 Å². The molecule has 15 heavy (non-hydrogen) atoms. The molecule has 0 heterocycles. The molecule has 0 aliphatic heterocycles. The van der Waals surface area contributed by atoms with Crippen molar-refractivity contribution in [3.63, 3.8) is 0 Å². The minimum Gasteiger partial charge on any atom is -0.0840 e. The standard InChI is InChI=1S/C15H26/c1-4-7-10-13-15(12-9-6-3)14-11-8-5-2/h10-14H,4-9H2,1-3H3. The summed E-state index contributed by atoms with van der Waals surface area (Å²) in [6.45, 7) is 6.65. The number of hydrogen-bond acceptors (Lipinski definition) is 0. The maximum Gasteiger partial charge on any atom is -0.0303 e. The minimum atomic E-state index is 1.18. The first-order chi connectivity index (χ1) is 7.35. The SMILES string of the molecule is CCCC=CC(C=CCCC)=CCCC. The van der Waals surface area contributed by atoms with Gasteiger partial charge in [-0.05, 0) is 24.8 Å². The molecule has 0 aromatic rings. The molecule has 0 N–H and O–H groups in total. The summed E-state index contributed by atoms with van der Waals surface area (Å²) in [6.07, 6.45) is 18.6. The van der Waals surface area contributed by atoms with E-state index < -0.39 is 0 Å². The van der Waals surface area contributed by atoms with Gasteiger partial charge in [0, 0.05) is 0 Å². The quantitative estimate of drug-likeness (QED) is 0.465. The number of hydrogen-bond donors (Lipinski definition) is 0. The van der Waals surface area contributed by atoms with Crippen LogP contribution in [0.3, 0.4) is 0 Å². The van der Waals surface area contributed by atoms with Gasteiger partial charge in [0.15, 0.2) is 0 Å². The molecule has 0 aliphatic carbocycles. The third-order valence-corrected chi connectivity index (χ3v) is 2.20. The minimum absolute atomic E-state index is 1.18. The average Bonchev–Trinajstić information content (AvgIpc) is 2.25. The van der Waals surface area contributed by atoms with Gasteiger partial charge in [0.1, 0.15) is 0 Å². The zero-order chi connectivity index (χ0) is 11.4. The lowest BCUT2D eigenvalue weighted by Crippen LogP contribution is -1.74. The Morgan fingerprint density at radius 3 is 1.60 bits per heavy atom. The van der Waals surface area contributed by atoms with Crippen molar-refractivity contribution < 1.29 is 0 Å². The van der Waals surface area contributed by atoms with Crippen LogP contribution in [0.15, 0.2) is 36.0 Å². The van der Waals surface area contributed by atoms with E-state index in [9.17, 15) is 0 Å². The summed E-state index contributed by atoms with van der Waals surface area (Å²) in [7, 11) is 0. The molecule has 0 radical (unpaired) electrons. The second-order valence-electron chi connectivity index (χ2n) is 3.87. The van der Waals surface area contributed by atoms with Crippen molar-refractivity contribution in [2.75, 3.05) is 0 Å². The Morgan fingerprint density at radius 1 is 0.733 bits per heavy atom. The van der Waals surface area contributed by atoms with E-state index >= 15 is 0 Å². The lowest BCUT2D eigenvalue weighted by Gasteiger charge is -1.95. The predicted octanol–water partition coefficient (Wildman–Crippen LogP) is 5.43. The zero-order valence-corrected chi connectivity index (χ0v) is 10.6. The highest BCUT2D eigenvalue weighted by Gasteiger charge is 1.85. The molecule has 0 saturated carbocycles. The Hall–Kier alpha value is -0.780. The van der Waals surface area contributed by atoms with E-state index in [1.165, 1.54) is 44.1 Å². The fourth-order valence-electron chi connectivity index (χ4n) is 1.27. The molecule has 0 nitrogen and oxygen atoms in total. The van der Waals surface area contributed by atoms with Crippen LogP contribution in [0, 0.1) is 0 Å². The molecule has 0 amide bonds. The van der Waals surface area contributed by atoms with E-state index in [0.29, 0.717) is 0 Å². The fourth-order valence-corrected chi connectivity index (χ4v) is 1.27. The van der Waals surface area contributed by atoms with Crippen LogP contribution in [0.5, 0.6) is 0 Å². The first-order valence-corrected chi connectivity index (χ1v) is 6.38. The maximum absolute atomic E-state index is 2.33. The van der Waals surface area contributed by atoms with Crippen molar-refractivity contribution in [1.82, 2.24) is 0 Å². The summed E-state index contributed by atoms with van der Waals surface area (Å²) in [6, 6.07) is 0. The van der Waals surface area contributed by atoms with E-state index in [2.05, 4.69) is 51.2 Å². The van der Waals surface area contributed by atoms with E-state index in [4.69, 9.17) is 0 Å². The van der Waals surface area contributed by atoms with E-state index in [1.807, 2.05) is 0 Å². The van der Waals surface area contributed by atoms with Crippen molar-refractivity contribution in [2.24, 2.45) is 0 Å². The second kappa shape index (κ2) is 11.3. The highest BCUT2D eigenvalue weighted by atomic mass is 13.9. The topological polar surface area (TPSA) is 0 Å². The zero-order valence-electron chi connectivity index (χ0n) is 10.6. The third-order valence-electron chi connectivity index (χ3n) is 2.20. The van der Waals surface area contributed by atoms with E-state index in [-0.39, 0.29) is 0 Å². The molecule has 0 bridgehead atoms. The second-order valence-corrected chi connectivity index (χ2v) is 3.87. The number of allylic oxidation sites excluding steroid dienone is 6. The van der Waals surface area contributed by atoms with Crippen LogP contribution < -0.4 is 0 Å². The Bertz CT molecular complexity index is 188. The Kier molecular flexibility index (Phi) is 10.7. The Morgan fingerprint density at radius 2 is 1.20 bits per heavy atom. The maximum atomic E-state index is 2.33. The molecule has 0 saturated heterocycles. The smallest absolute Gasteiger partial charge is 0.0303 e. The van der Waals surface area contributed by atoms with Crippen LogP contribution >= 0.6 is 0 Å². The molecule has 0 aromatic heterocycles. The van der Waals surface area contributed by atoms with Gasteiger partial charge in [-0.3, -0.25) is 0 Å². The van der Waals surface area contributed by atoms with Gasteiger partial charge in [0.2, 0.25) is 0 Å². The molecular weight excluding hydrogens is 180 g/mol. The summed E-state index contributed by atoms with van der Waals surface area (Å²) in [5, 5.41) is 0. The first kappa shape index (κ1) is 14.2. The van der Waals surface area contributed by atoms with Gasteiger partial charge >= 0.3 is 0 Å². The van der Waals surface area contributed by atoms with E-state index in [0.717, 1.165) is 0 Å². The molecule has 0 heteroatoms. The van der Waals surface area contributed by atoms with Gasteiger partial charge in [-0.1, -0.05) is 70.4 Å². The monoisotopic (exact) mass is 206 g/mol. The van der Waals surface area contributed by atoms with Gasteiger partial charge in [-0.2, -0.15) is 0 Å². The van der Waals surface area contributed by atoms with E-state index in [1.54, 1.807) is 0 Å². The number of rotatable bonds is 8. The average molecular weight is 206 g/mol. The van der Waals surface area contributed by atoms with Gasteiger partial charge < -0.3 is 0 Å². The largest absolute Gasteiger partial charge is 0.0840 e. The summed E-state index contributed by atoms with van der Waals surface area (Å²) in [5.41, 5.74) is 1.37. The fraction of sp³-hybridized carbons (Fsp3) is 0.600. The van der Waals surface area contributed by atoms with Crippen LogP contribution in [0.4, 0.5) is 0 Å². The summed E-state index contributed by atoms with van der Waals surface area (Å²) < 4.78 is 0. The summed E-state index contributed by atoms with van der Waals surface area (Å²) in [5.74, 6) is 0. The Labute approximate surface area is 95.8 Å². The molecule has 0 aromatic carbocycles. The Balaban J connectivity index is 4.17. The van der Waals surface area contributed by atoms with Crippen molar-refractivity contribution in [3.8, 4) is 0 Å². The van der Waals surface area contributed by atoms with Crippen LogP contribution in [0.2, 0.25) is 0 Å². The lowest BCUT2D eigenvalue weighted by molar-refractivity contribution is 0.945. The predicted molar refractivity (Wildman–Crippen MR) is 71.1 cm³/mol. The van der Waals surface area contributed by atoms with Crippen LogP contribution in [-0.2, 0) is 0 Å². The lowest BCUT2D eigenvalue weighted by atomic mass is 10.1. The van der Waals surface area contributed by atoms with Crippen molar-refractivity contribution >= 4 is 0 Å². The number of unbranched alkanes of at least 4 members (excludes halogenated alkanes) is 3. The highest BCUT2D eigenvalue weighted by molar-refractivity contribution is 5.30. The van der Waals surface area contributed by atoms with Crippen LogP contribution in [0.1, 0.15) is 59.3 Å². The molecule has 0 aliphatic rings. The first-order valence-electron chi connectivity index (χ1n) is 6.38. The van der Waals surface area contributed by atoms with Crippen LogP contribution in [0.25, 0.3) is 0 Å². The molecule has 0 atom stereocenters. The third kappa shape index (κ3) is 9.52. The molecule has 86 valence electrons. The van der Waals surface area contributed by atoms with Crippen LogP contribution in [-0.4, -0.2) is 0 Å². The van der Waals surface area contributed by atoms with Crippen molar-refractivity contribution in [2.45, 2.75) is 59.3 Å². The molecule has 0 spiro atoms. The molecule has 0 unspecified atom stereocenters. The van der Waals surface area contributed by atoms with Crippen molar-refractivity contribution in [3.05, 3.63) is 36.0 Å². The van der Waals surface area contributed by atoms with Gasteiger partial charge in [-0.25, -0.2) is 0 Å². The van der Waals surface area contributed by atoms with Gasteiger partial charge in [0.25, 0.3) is 0 Å². The van der Waals surface area contributed by atoms with Gasteiger partial charge in [-0.15, -0.1) is 0 Å². The molecule has 0 fully saturated rings. The van der Waals surface area contributed by atoms with Crippen molar-refractivity contribution in [1.29, 1.82) is 0 Å². The molecule has 0 rings (SSSR count).